The Balaban J connectivity index is 1.91. The van der Waals surface area contributed by atoms with Crippen LogP contribution in [0.4, 0.5) is 0 Å². The van der Waals surface area contributed by atoms with Crippen LogP contribution in [0.5, 0.6) is 11.5 Å². The summed E-state index contributed by atoms with van der Waals surface area (Å²) in [4.78, 5) is 12.1. The van der Waals surface area contributed by atoms with Crippen LogP contribution in [0.15, 0.2) is 48.5 Å². The molecule has 0 bridgehead atoms. The highest BCUT2D eigenvalue weighted by molar-refractivity contribution is 6.30. The third kappa shape index (κ3) is 5.37. The highest BCUT2D eigenvalue weighted by atomic mass is 35.5. The summed E-state index contributed by atoms with van der Waals surface area (Å²) in [5.41, 5.74) is 0.202. The second kappa shape index (κ2) is 8.74. The number of carbonyl (C=O) groups is 1. The summed E-state index contributed by atoms with van der Waals surface area (Å²) < 4.78 is 16.2. The van der Waals surface area contributed by atoms with Crippen molar-refractivity contribution < 1.29 is 19.0 Å². The average molecular weight is 364 g/mol. The van der Waals surface area contributed by atoms with Crippen molar-refractivity contribution in [3.05, 3.63) is 59.1 Å². The predicted molar refractivity (Wildman–Crippen MR) is 97.3 cm³/mol. The maximum Gasteiger partial charge on any atom is 0.258 e. The molecule has 1 N–H and O–H groups in total. The Morgan fingerprint density at radius 1 is 1.12 bits per heavy atom. The van der Waals surface area contributed by atoms with E-state index < -0.39 is 5.60 Å². The Morgan fingerprint density at radius 3 is 2.52 bits per heavy atom. The molecule has 0 fully saturated rings. The minimum Gasteiger partial charge on any atom is -0.497 e. The second-order valence-corrected chi connectivity index (χ2v) is 6.13. The summed E-state index contributed by atoms with van der Waals surface area (Å²) >= 11 is 6.04. The Kier molecular flexibility index (Phi) is 6.67. The molecule has 0 saturated heterocycles. The molecule has 0 aliphatic carbocycles. The molecule has 0 aliphatic rings. The number of rotatable bonds is 8. The molecule has 25 heavy (non-hydrogen) atoms. The lowest BCUT2D eigenvalue weighted by molar-refractivity contribution is -0.124. The van der Waals surface area contributed by atoms with Crippen molar-refractivity contribution in [2.75, 3.05) is 27.4 Å². The van der Waals surface area contributed by atoms with Crippen molar-refractivity contribution in [3.8, 4) is 11.5 Å². The molecule has 2 rings (SSSR count). The fourth-order valence-electron chi connectivity index (χ4n) is 2.27. The number of hydrogen-bond donors (Lipinski definition) is 1. The van der Waals surface area contributed by atoms with Gasteiger partial charge in [-0.05, 0) is 36.8 Å². The minimum absolute atomic E-state index is 0.0947. The van der Waals surface area contributed by atoms with E-state index in [2.05, 4.69) is 5.32 Å². The molecule has 0 aromatic heterocycles. The van der Waals surface area contributed by atoms with Crippen LogP contribution in [0.1, 0.15) is 12.5 Å². The van der Waals surface area contributed by atoms with Gasteiger partial charge < -0.3 is 19.5 Å². The Labute approximate surface area is 152 Å². The Morgan fingerprint density at radius 2 is 1.84 bits per heavy atom. The summed E-state index contributed by atoms with van der Waals surface area (Å²) in [6.45, 7) is 2.09. The first-order chi connectivity index (χ1) is 12.0. The van der Waals surface area contributed by atoms with Crippen LogP contribution in [0, 0.1) is 0 Å². The maximum atomic E-state index is 12.1. The molecule has 2 aromatic carbocycles. The first kappa shape index (κ1) is 19.1. The van der Waals surface area contributed by atoms with Crippen molar-refractivity contribution in [1.82, 2.24) is 5.32 Å². The number of halogens is 1. The molecule has 6 heteroatoms. The Hall–Kier alpha value is -2.24. The first-order valence-electron chi connectivity index (χ1n) is 7.81. The highest BCUT2D eigenvalue weighted by Crippen LogP contribution is 2.26. The smallest absolute Gasteiger partial charge is 0.258 e. The summed E-state index contributed by atoms with van der Waals surface area (Å²) in [6, 6.07) is 14.5. The van der Waals surface area contributed by atoms with Crippen molar-refractivity contribution in [2.45, 2.75) is 12.5 Å². The zero-order chi connectivity index (χ0) is 18.3. The van der Waals surface area contributed by atoms with E-state index in [1.165, 1.54) is 0 Å². The number of hydrogen-bond acceptors (Lipinski definition) is 4. The van der Waals surface area contributed by atoms with Crippen molar-refractivity contribution in [3.63, 3.8) is 0 Å². The minimum atomic E-state index is -0.684. The van der Waals surface area contributed by atoms with Gasteiger partial charge in [0, 0.05) is 18.2 Å². The van der Waals surface area contributed by atoms with E-state index in [9.17, 15) is 4.79 Å². The lowest BCUT2D eigenvalue weighted by Gasteiger charge is -2.29. The van der Waals surface area contributed by atoms with Gasteiger partial charge in [0.25, 0.3) is 5.91 Å². The van der Waals surface area contributed by atoms with Crippen LogP contribution >= 0.6 is 11.6 Å². The molecular weight excluding hydrogens is 342 g/mol. The maximum absolute atomic E-state index is 12.1. The van der Waals surface area contributed by atoms with Crippen LogP contribution < -0.4 is 14.8 Å². The van der Waals surface area contributed by atoms with E-state index in [1.807, 2.05) is 31.2 Å². The normalized spacial score (nSPS) is 13.0. The van der Waals surface area contributed by atoms with Gasteiger partial charge in [-0.2, -0.15) is 0 Å². The van der Waals surface area contributed by atoms with E-state index in [-0.39, 0.29) is 12.5 Å². The number of carbonyl (C=O) groups excluding carboxylic acids is 1. The molecule has 5 nitrogen and oxygen atoms in total. The molecule has 0 saturated carbocycles. The van der Waals surface area contributed by atoms with Crippen LogP contribution in [0.25, 0.3) is 0 Å². The van der Waals surface area contributed by atoms with Crippen LogP contribution in [0.2, 0.25) is 5.02 Å². The molecule has 0 aliphatic heterocycles. The lowest BCUT2D eigenvalue weighted by Crippen LogP contribution is -2.41. The fourth-order valence-corrected chi connectivity index (χ4v) is 2.46. The van der Waals surface area contributed by atoms with E-state index in [1.54, 1.807) is 38.5 Å². The number of ether oxygens (including phenoxy) is 3. The standard InChI is InChI=1S/C19H22ClNO4/c1-19(24-3,14-6-4-7-15(20)10-14)13-21-18(22)12-25-17-9-5-8-16(11-17)23-2/h4-11H,12-13H2,1-3H3,(H,21,22). The number of amides is 1. The average Bonchev–Trinajstić information content (AvgIpc) is 2.64. The third-order valence-corrected chi connectivity index (χ3v) is 4.15. The van der Waals surface area contributed by atoms with Gasteiger partial charge in [-0.15, -0.1) is 0 Å². The van der Waals surface area contributed by atoms with E-state index in [4.69, 9.17) is 25.8 Å². The summed E-state index contributed by atoms with van der Waals surface area (Å²) in [7, 11) is 3.17. The van der Waals surface area contributed by atoms with E-state index in [0.29, 0.717) is 23.1 Å². The lowest BCUT2D eigenvalue weighted by atomic mass is 9.95. The van der Waals surface area contributed by atoms with Gasteiger partial charge in [0.1, 0.15) is 17.1 Å². The molecule has 0 spiro atoms. The zero-order valence-electron chi connectivity index (χ0n) is 14.5. The quantitative estimate of drug-likeness (QED) is 0.781. The number of benzene rings is 2. The van der Waals surface area contributed by atoms with Gasteiger partial charge in [0.05, 0.1) is 13.7 Å². The molecule has 1 amide bonds. The summed E-state index contributed by atoms with van der Waals surface area (Å²) in [5.74, 6) is 0.998. The molecule has 1 atom stereocenters. The van der Waals surface area contributed by atoms with Crippen molar-refractivity contribution in [1.29, 1.82) is 0 Å². The van der Waals surface area contributed by atoms with Gasteiger partial charge in [-0.3, -0.25) is 4.79 Å². The zero-order valence-corrected chi connectivity index (χ0v) is 15.3. The second-order valence-electron chi connectivity index (χ2n) is 5.69. The van der Waals surface area contributed by atoms with Crippen LogP contribution in [-0.4, -0.2) is 33.3 Å². The third-order valence-electron chi connectivity index (χ3n) is 3.92. The van der Waals surface area contributed by atoms with Crippen molar-refractivity contribution >= 4 is 17.5 Å². The summed E-state index contributed by atoms with van der Waals surface area (Å²) in [5, 5.41) is 3.45. The van der Waals surface area contributed by atoms with Gasteiger partial charge in [0.15, 0.2) is 6.61 Å². The SMILES string of the molecule is COc1cccc(OCC(=O)NCC(C)(OC)c2cccc(Cl)c2)c1. The molecule has 0 radical (unpaired) electrons. The molecule has 1 unspecified atom stereocenters. The molecule has 134 valence electrons. The van der Waals surface area contributed by atoms with Gasteiger partial charge in [0.2, 0.25) is 0 Å². The topological polar surface area (TPSA) is 56.8 Å². The number of methoxy groups -OCH3 is 2. The molecule has 2 aromatic rings. The van der Waals surface area contributed by atoms with Gasteiger partial charge in [-0.25, -0.2) is 0 Å². The van der Waals surface area contributed by atoms with Crippen molar-refractivity contribution in [2.24, 2.45) is 0 Å². The highest BCUT2D eigenvalue weighted by Gasteiger charge is 2.27. The molecular formula is C19H22ClNO4. The van der Waals surface area contributed by atoms with Gasteiger partial charge >= 0.3 is 0 Å². The van der Waals surface area contributed by atoms with E-state index in [0.717, 1.165) is 5.56 Å². The van der Waals surface area contributed by atoms with Crippen LogP contribution in [-0.2, 0) is 15.1 Å². The summed E-state index contributed by atoms with van der Waals surface area (Å²) in [6.07, 6.45) is 0. The van der Waals surface area contributed by atoms with Crippen LogP contribution in [0.3, 0.4) is 0 Å². The molecule has 0 heterocycles. The first-order valence-corrected chi connectivity index (χ1v) is 8.19. The number of nitrogens with one attached hydrogen (secondary N) is 1. The predicted octanol–water partition coefficient (Wildman–Crippen LogP) is 3.41. The monoisotopic (exact) mass is 363 g/mol. The van der Waals surface area contributed by atoms with E-state index >= 15 is 0 Å². The largest absolute Gasteiger partial charge is 0.497 e. The Bertz CT molecular complexity index is 722. The van der Waals surface area contributed by atoms with Gasteiger partial charge in [-0.1, -0.05) is 29.8 Å². The fraction of sp³-hybridized carbons (Fsp3) is 0.316.